The minimum atomic E-state index is -0.854. The Morgan fingerprint density at radius 2 is 1.81 bits per heavy atom. The zero-order valence-corrected chi connectivity index (χ0v) is 18.0. The number of aromatic nitrogens is 2. The lowest BCUT2D eigenvalue weighted by Crippen LogP contribution is -2.48. The number of amides is 1. The number of benzene rings is 2. The summed E-state index contributed by atoms with van der Waals surface area (Å²) >= 11 is 0. The second-order valence-corrected chi connectivity index (χ2v) is 7.90. The van der Waals surface area contributed by atoms with Gasteiger partial charge in [0.05, 0.1) is 12.6 Å². The normalized spacial score (nSPS) is 14.2. The molecule has 3 aromatic rings. The monoisotopic (exact) mass is 421 g/mol. The van der Waals surface area contributed by atoms with E-state index in [1.807, 2.05) is 42.6 Å². The second-order valence-electron chi connectivity index (χ2n) is 7.90. The van der Waals surface area contributed by atoms with Gasteiger partial charge in [-0.3, -0.25) is 0 Å². The summed E-state index contributed by atoms with van der Waals surface area (Å²) in [5, 5.41) is 13.4. The first-order chi connectivity index (χ1) is 15.0. The molecule has 1 aliphatic heterocycles. The number of hydrogen-bond donors (Lipinski definition) is 2. The molecule has 1 aromatic heterocycles. The lowest BCUT2D eigenvalue weighted by atomic mass is 9.99. The van der Waals surface area contributed by atoms with Crippen molar-refractivity contribution in [2.24, 2.45) is 0 Å². The van der Waals surface area contributed by atoms with Crippen LogP contribution in [0.2, 0.25) is 0 Å². The van der Waals surface area contributed by atoms with Crippen LogP contribution in [-0.2, 0) is 0 Å². The summed E-state index contributed by atoms with van der Waals surface area (Å²) in [6, 6.07) is 12.0. The first-order valence-electron chi connectivity index (χ1n) is 10.4. The van der Waals surface area contributed by atoms with Gasteiger partial charge in [0.15, 0.2) is 0 Å². The van der Waals surface area contributed by atoms with Crippen LogP contribution in [0, 0.1) is 0 Å². The number of methoxy groups -OCH3 is 1. The van der Waals surface area contributed by atoms with Crippen molar-refractivity contribution >= 4 is 34.3 Å². The van der Waals surface area contributed by atoms with Gasteiger partial charge in [0.2, 0.25) is 5.95 Å². The highest BCUT2D eigenvalue weighted by molar-refractivity contribution is 5.85. The zero-order valence-electron chi connectivity index (χ0n) is 18.0. The van der Waals surface area contributed by atoms with E-state index in [0.29, 0.717) is 32.1 Å². The number of hydrogen-bond acceptors (Lipinski definition) is 6. The van der Waals surface area contributed by atoms with Crippen molar-refractivity contribution in [2.45, 2.75) is 19.8 Å². The third-order valence-corrected chi connectivity index (χ3v) is 5.59. The van der Waals surface area contributed by atoms with Gasteiger partial charge in [-0.05, 0) is 42.3 Å². The van der Waals surface area contributed by atoms with Gasteiger partial charge in [-0.15, -0.1) is 0 Å². The van der Waals surface area contributed by atoms with Crippen molar-refractivity contribution in [1.29, 1.82) is 0 Å². The molecule has 1 amide bonds. The molecule has 0 atom stereocenters. The molecule has 1 fully saturated rings. The van der Waals surface area contributed by atoms with Gasteiger partial charge in [-0.25, -0.2) is 14.8 Å². The Bertz CT molecular complexity index is 1080. The molecular formula is C23H27N5O3. The number of anilines is 3. The van der Waals surface area contributed by atoms with E-state index >= 15 is 0 Å². The number of carbonyl (C=O) groups is 1. The summed E-state index contributed by atoms with van der Waals surface area (Å²) in [6.45, 7) is 6.66. The standard InChI is InChI=1S/C23H27N5O3/c1-15(2)20-19(31-3)9-4-16-14-24-22(26-21(16)20)25-17-5-7-18(8-6-17)27-10-12-28(13-11-27)23(29)30/h4-9,14-15H,10-13H2,1-3H3,(H,29,30)(H,24,25,26). The fraction of sp³-hybridized carbons (Fsp3) is 0.348. The highest BCUT2D eigenvalue weighted by Crippen LogP contribution is 2.33. The SMILES string of the molecule is COc1ccc2cnc(Nc3ccc(N4CCN(C(=O)O)CC4)cc3)nc2c1C(C)C. The van der Waals surface area contributed by atoms with Crippen molar-refractivity contribution in [1.82, 2.24) is 14.9 Å². The van der Waals surface area contributed by atoms with E-state index in [-0.39, 0.29) is 5.92 Å². The van der Waals surface area contributed by atoms with Crippen molar-refractivity contribution in [2.75, 3.05) is 43.5 Å². The fourth-order valence-electron chi connectivity index (χ4n) is 3.94. The molecule has 8 heteroatoms. The van der Waals surface area contributed by atoms with Crippen molar-refractivity contribution in [3.8, 4) is 5.75 Å². The molecule has 162 valence electrons. The quantitative estimate of drug-likeness (QED) is 0.634. The van der Waals surface area contributed by atoms with Crippen LogP contribution in [0.4, 0.5) is 22.1 Å². The average Bonchev–Trinajstić information content (AvgIpc) is 2.78. The zero-order chi connectivity index (χ0) is 22.0. The van der Waals surface area contributed by atoms with E-state index < -0.39 is 6.09 Å². The van der Waals surface area contributed by atoms with Crippen LogP contribution in [0.3, 0.4) is 0 Å². The molecule has 1 aliphatic rings. The van der Waals surface area contributed by atoms with Crippen molar-refractivity contribution < 1.29 is 14.6 Å². The topological polar surface area (TPSA) is 90.8 Å². The Morgan fingerprint density at radius 3 is 2.42 bits per heavy atom. The van der Waals surface area contributed by atoms with E-state index in [1.54, 1.807) is 7.11 Å². The summed E-state index contributed by atoms with van der Waals surface area (Å²) in [6.07, 6.45) is 0.972. The lowest BCUT2D eigenvalue weighted by Gasteiger charge is -2.34. The smallest absolute Gasteiger partial charge is 0.407 e. The van der Waals surface area contributed by atoms with Gasteiger partial charge in [-0.2, -0.15) is 0 Å². The van der Waals surface area contributed by atoms with Crippen LogP contribution in [0.25, 0.3) is 10.9 Å². The van der Waals surface area contributed by atoms with Gasteiger partial charge in [0.1, 0.15) is 5.75 Å². The molecular weight excluding hydrogens is 394 g/mol. The molecule has 8 nitrogen and oxygen atoms in total. The Labute approximate surface area is 181 Å². The lowest BCUT2D eigenvalue weighted by molar-refractivity contribution is 0.142. The van der Waals surface area contributed by atoms with Gasteiger partial charge < -0.3 is 25.0 Å². The summed E-state index contributed by atoms with van der Waals surface area (Å²) in [5.41, 5.74) is 3.92. The van der Waals surface area contributed by atoms with Crippen LogP contribution in [0.5, 0.6) is 5.75 Å². The van der Waals surface area contributed by atoms with E-state index in [4.69, 9.17) is 14.8 Å². The Morgan fingerprint density at radius 1 is 1.10 bits per heavy atom. The number of nitrogens with zero attached hydrogens (tertiary/aromatic N) is 4. The van der Waals surface area contributed by atoms with Gasteiger partial charge >= 0.3 is 6.09 Å². The molecule has 0 aliphatic carbocycles. The molecule has 2 heterocycles. The number of piperazine rings is 1. The highest BCUT2D eigenvalue weighted by atomic mass is 16.5. The third-order valence-electron chi connectivity index (χ3n) is 5.59. The van der Waals surface area contributed by atoms with Crippen LogP contribution >= 0.6 is 0 Å². The van der Waals surface area contributed by atoms with E-state index in [0.717, 1.165) is 33.6 Å². The average molecular weight is 422 g/mol. The van der Waals surface area contributed by atoms with Crippen LogP contribution in [-0.4, -0.2) is 59.4 Å². The minimum absolute atomic E-state index is 0.266. The molecule has 0 radical (unpaired) electrons. The summed E-state index contributed by atoms with van der Waals surface area (Å²) < 4.78 is 5.54. The minimum Gasteiger partial charge on any atom is -0.496 e. The van der Waals surface area contributed by atoms with Crippen molar-refractivity contribution in [3.63, 3.8) is 0 Å². The number of nitrogens with one attached hydrogen (secondary N) is 1. The molecule has 0 unspecified atom stereocenters. The second kappa shape index (κ2) is 8.67. The van der Waals surface area contributed by atoms with Gasteiger partial charge in [0.25, 0.3) is 0 Å². The molecule has 0 saturated carbocycles. The maximum absolute atomic E-state index is 11.1. The predicted octanol–water partition coefficient (Wildman–Crippen LogP) is 4.31. The summed E-state index contributed by atoms with van der Waals surface area (Å²) in [7, 11) is 1.68. The summed E-state index contributed by atoms with van der Waals surface area (Å²) in [4.78, 5) is 23.9. The highest BCUT2D eigenvalue weighted by Gasteiger charge is 2.20. The number of rotatable bonds is 5. The van der Waals surface area contributed by atoms with E-state index in [1.165, 1.54) is 4.90 Å². The first kappa shape index (κ1) is 20.7. The maximum atomic E-state index is 11.1. The van der Waals surface area contributed by atoms with E-state index in [9.17, 15) is 4.79 Å². The third kappa shape index (κ3) is 4.33. The Balaban J connectivity index is 1.52. The fourth-order valence-corrected chi connectivity index (χ4v) is 3.94. The van der Waals surface area contributed by atoms with Crippen molar-refractivity contribution in [3.05, 3.63) is 48.2 Å². The van der Waals surface area contributed by atoms with Crippen LogP contribution in [0.15, 0.2) is 42.6 Å². The molecule has 0 spiro atoms. The molecule has 31 heavy (non-hydrogen) atoms. The molecule has 2 aromatic carbocycles. The van der Waals surface area contributed by atoms with Gasteiger partial charge in [0, 0.05) is 54.7 Å². The number of fused-ring (bicyclic) bond motifs is 1. The first-order valence-corrected chi connectivity index (χ1v) is 10.4. The Kier molecular flexibility index (Phi) is 5.79. The largest absolute Gasteiger partial charge is 0.496 e. The molecule has 4 rings (SSSR count). The Hall–Kier alpha value is -3.55. The maximum Gasteiger partial charge on any atom is 0.407 e. The molecule has 2 N–H and O–H groups in total. The summed E-state index contributed by atoms with van der Waals surface area (Å²) in [5.74, 6) is 1.63. The van der Waals surface area contributed by atoms with Crippen LogP contribution in [0.1, 0.15) is 25.3 Å². The number of carboxylic acid groups (broad SMARTS) is 1. The van der Waals surface area contributed by atoms with Gasteiger partial charge in [-0.1, -0.05) is 13.8 Å². The molecule has 0 bridgehead atoms. The van der Waals surface area contributed by atoms with Crippen LogP contribution < -0.4 is 15.0 Å². The van der Waals surface area contributed by atoms with E-state index in [2.05, 4.69) is 29.0 Å². The predicted molar refractivity (Wildman–Crippen MR) is 122 cm³/mol. The number of ether oxygens (including phenoxy) is 1. The molecule has 1 saturated heterocycles.